The summed E-state index contributed by atoms with van der Waals surface area (Å²) in [5, 5.41) is 116. The third-order valence-corrected chi connectivity index (χ3v) is 14.9. The highest BCUT2D eigenvalue weighted by Crippen LogP contribution is 2.35. The lowest BCUT2D eigenvalue weighted by atomic mass is 9.90. The molecule has 20 atom stereocenters. The third-order valence-electron chi connectivity index (χ3n) is 14.9. The molecule has 14 N–H and O–H groups in total. The first kappa shape index (κ1) is 72.5. The van der Waals surface area contributed by atoms with Gasteiger partial charge in [-0.25, -0.2) is 36.7 Å². The summed E-state index contributed by atoms with van der Waals surface area (Å²) in [5.74, 6) is -2.89. The molecule has 32 heteroatoms. The van der Waals surface area contributed by atoms with E-state index >= 15 is 0 Å². The second-order valence-corrected chi connectivity index (χ2v) is 22.7. The maximum absolute atomic E-state index is 14.1. The number of amides is 4. The predicted octanol–water partition coefficient (Wildman–Crippen LogP) is 2.98. The Morgan fingerprint density at radius 3 is 1.08 bits per heavy atom. The number of nitrogens with one attached hydrogen (secondary N) is 4. The molecule has 4 saturated heterocycles. The summed E-state index contributed by atoms with van der Waals surface area (Å²) in [6.45, 7) is 4.80. The molecule has 0 aromatic heterocycles. The van der Waals surface area contributed by atoms with Crippen molar-refractivity contribution in [1.29, 1.82) is 0 Å². The molecule has 0 radical (unpaired) electrons. The van der Waals surface area contributed by atoms with Crippen LogP contribution in [0.5, 0.6) is 0 Å². The van der Waals surface area contributed by atoms with E-state index in [0.29, 0.717) is 12.8 Å². The fourth-order valence-corrected chi connectivity index (χ4v) is 10.2. The molecule has 2 unspecified atom stereocenters. The number of carbonyl (C=O) groups excluding carboxylic acids is 4. The van der Waals surface area contributed by atoms with Gasteiger partial charge in [-0.05, 0) is 73.2 Å². The lowest BCUT2D eigenvalue weighted by Crippen LogP contribution is -2.65. The number of aliphatic hydroxyl groups is 10. The number of hydrogen-bond donors (Lipinski definition) is 14. The zero-order valence-corrected chi connectivity index (χ0v) is 49.9. The number of carbonyl (C=O) groups is 4. The smallest absolute Gasteiger partial charge is 0.412 e. The number of ether oxygens (including phenoxy) is 10. The van der Waals surface area contributed by atoms with Crippen LogP contribution in [-0.2, 0) is 47.4 Å². The fourth-order valence-electron chi connectivity index (χ4n) is 10.2. The van der Waals surface area contributed by atoms with Gasteiger partial charge in [-0.2, -0.15) is 0 Å². The van der Waals surface area contributed by atoms with Crippen molar-refractivity contribution in [2.24, 2.45) is 11.8 Å². The van der Waals surface area contributed by atoms with Crippen LogP contribution in [0.1, 0.15) is 40.5 Å². The van der Waals surface area contributed by atoms with Crippen molar-refractivity contribution in [3.05, 3.63) is 120 Å². The van der Waals surface area contributed by atoms with E-state index in [0.717, 1.165) is 24.3 Å². The molecule has 4 heterocycles. The molecule has 4 aromatic rings. The van der Waals surface area contributed by atoms with Gasteiger partial charge in [0.15, 0.2) is 18.7 Å². The number of rotatable bonds is 20. The molecular weight excluding hydrogens is 1240 g/mol. The van der Waals surface area contributed by atoms with Crippen LogP contribution >= 0.6 is 0 Å². The van der Waals surface area contributed by atoms with Gasteiger partial charge < -0.3 is 98.4 Å². The number of anilines is 4. The second kappa shape index (κ2) is 33.7. The van der Waals surface area contributed by atoms with Gasteiger partial charge >= 0.3 is 24.4 Å². The molecule has 4 fully saturated rings. The molecule has 92 heavy (non-hydrogen) atoms. The number of benzene rings is 4. The predicted molar refractivity (Wildman–Crippen MR) is 309 cm³/mol. The van der Waals surface area contributed by atoms with E-state index in [4.69, 9.17) is 47.4 Å². The Morgan fingerprint density at radius 2 is 0.696 bits per heavy atom. The molecular formula is C60H76F4N4O24. The average molecular weight is 1310 g/mol. The number of halogens is 4. The molecule has 0 aliphatic carbocycles. The summed E-state index contributed by atoms with van der Waals surface area (Å²) in [5.41, 5.74) is -0.791. The molecule has 508 valence electrons. The largest absolute Gasteiger partial charge is 0.446 e. The first-order valence-electron chi connectivity index (χ1n) is 29.2. The summed E-state index contributed by atoms with van der Waals surface area (Å²) in [6.07, 6.45) is -35.3. The second-order valence-electron chi connectivity index (χ2n) is 22.7. The van der Waals surface area contributed by atoms with Crippen molar-refractivity contribution in [3.63, 3.8) is 0 Å². The van der Waals surface area contributed by atoms with Crippen LogP contribution in [-0.4, -0.2) is 224 Å². The highest BCUT2D eigenvalue weighted by Gasteiger charge is 2.54. The zero-order valence-electron chi connectivity index (χ0n) is 49.9. The highest BCUT2D eigenvalue weighted by atomic mass is 19.1. The average Bonchev–Trinajstić information content (AvgIpc) is 0.802. The minimum Gasteiger partial charge on any atom is -0.446 e. The van der Waals surface area contributed by atoms with Crippen molar-refractivity contribution >= 4 is 47.1 Å². The maximum Gasteiger partial charge on any atom is 0.412 e. The Morgan fingerprint density at radius 1 is 0.391 bits per heavy atom. The van der Waals surface area contributed by atoms with Gasteiger partial charge in [0.05, 0.1) is 41.6 Å². The van der Waals surface area contributed by atoms with Gasteiger partial charge in [0.25, 0.3) is 0 Å². The SMILES string of the molecule is CC(C)C[C@@H]1O[C@H](CO)C(O[C@@H]2O[C@H](COC(=O)Nc3ccccc3F)[C@@H](OC(=O)Nc3ccccc3F)[C@H](O)[C@H]2O)[C@H](O)[C@H]1O.CC(C)C[C@@H]1O[C@H](COC(=O)Nc2ccccc2F)C(O[C@@H]2O[C@H](COC(=O)Nc3ccccc3F)[C@@H](O)[C@H](O)[C@H]2O)[C@H](O)[C@H]1O. The van der Waals surface area contributed by atoms with Crippen LogP contribution in [0.25, 0.3) is 0 Å². The third kappa shape index (κ3) is 19.3. The van der Waals surface area contributed by atoms with Gasteiger partial charge in [-0.15, -0.1) is 0 Å². The van der Waals surface area contributed by atoms with E-state index in [1.807, 2.05) is 27.7 Å². The summed E-state index contributed by atoms with van der Waals surface area (Å²) < 4.78 is 111. The van der Waals surface area contributed by atoms with E-state index in [-0.39, 0.29) is 34.6 Å². The topological polar surface area (TPSA) is 411 Å². The van der Waals surface area contributed by atoms with Crippen molar-refractivity contribution < 1.29 is 135 Å². The fraction of sp³-hybridized carbons (Fsp3) is 0.533. The monoisotopic (exact) mass is 1310 g/mol. The first-order valence-corrected chi connectivity index (χ1v) is 29.2. The van der Waals surface area contributed by atoms with Crippen molar-refractivity contribution in [1.82, 2.24) is 0 Å². The van der Waals surface area contributed by atoms with Crippen molar-refractivity contribution in [2.75, 3.05) is 47.7 Å². The summed E-state index contributed by atoms with van der Waals surface area (Å²) >= 11 is 0. The maximum atomic E-state index is 14.1. The van der Waals surface area contributed by atoms with Gasteiger partial charge in [0, 0.05) is 0 Å². The van der Waals surface area contributed by atoms with E-state index in [2.05, 4.69) is 21.3 Å². The van der Waals surface area contributed by atoms with Gasteiger partial charge in [-0.1, -0.05) is 76.2 Å². The molecule has 4 aliphatic heterocycles. The van der Waals surface area contributed by atoms with Crippen LogP contribution in [0.15, 0.2) is 97.1 Å². The Labute approximate surface area is 523 Å². The summed E-state index contributed by atoms with van der Waals surface area (Å²) in [6, 6.07) is 21.1. The minimum absolute atomic E-state index is 0.0201. The molecule has 8 rings (SSSR count). The lowest BCUT2D eigenvalue weighted by Gasteiger charge is -2.47. The van der Waals surface area contributed by atoms with E-state index in [1.165, 1.54) is 72.8 Å². The lowest BCUT2D eigenvalue weighted by molar-refractivity contribution is -0.342. The van der Waals surface area contributed by atoms with E-state index in [9.17, 15) is 87.8 Å². The van der Waals surface area contributed by atoms with E-state index < -0.39 is 197 Å². The Kier molecular flexibility index (Phi) is 26.6. The van der Waals surface area contributed by atoms with Gasteiger partial charge in [-0.3, -0.25) is 21.3 Å². The van der Waals surface area contributed by atoms with Crippen LogP contribution in [0.3, 0.4) is 0 Å². The van der Waals surface area contributed by atoms with Crippen LogP contribution in [0.4, 0.5) is 59.5 Å². The summed E-state index contributed by atoms with van der Waals surface area (Å²) in [4.78, 5) is 49.8. The molecule has 4 aromatic carbocycles. The van der Waals surface area contributed by atoms with Crippen molar-refractivity contribution in [3.8, 4) is 0 Å². The van der Waals surface area contributed by atoms with E-state index in [1.54, 1.807) is 0 Å². The molecule has 28 nitrogen and oxygen atoms in total. The van der Waals surface area contributed by atoms with Crippen LogP contribution in [0, 0.1) is 35.1 Å². The zero-order chi connectivity index (χ0) is 67.1. The Hall–Kier alpha value is -6.96. The normalized spacial score (nSPS) is 31.3. The molecule has 0 saturated carbocycles. The van der Waals surface area contributed by atoms with Crippen LogP contribution in [0.2, 0.25) is 0 Å². The minimum atomic E-state index is -1.97. The summed E-state index contributed by atoms with van der Waals surface area (Å²) in [7, 11) is 0. The standard InChI is InChI=1S/2C30H38F2N2O12/c1-14(2)11-19-22(36)23(37)26(20(12-35)43-19)45-28-25(39)24(38)27(46-30(41)34-18-10-6-4-8-16(18)32)21(44-28)13-42-29(40)33-17-9-5-3-7-15(17)31;1-14(2)11-19-22(35)25(38)27(21(44-19)13-43-30(41)34-18-10-6-4-8-16(18)32)46-28-26(39)24(37)23(36)20(45-28)12-42-29(40)33-17-9-5-3-7-15(17)31/h2*3-10,14,19-28,35-39H,11-13H2,1-2H3,(H,33,40)(H,34,41)/t19-,20+,21+,22-,23+,24+,25+,26?,27+,28-;19-,20+,21+,22-,23+,24-,25+,26+,27?,28-/m00/s1. The van der Waals surface area contributed by atoms with Gasteiger partial charge in [0.2, 0.25) is 0 Å². The van der Waals surface area contributed by atoms with Crippen molar-refractivity contribution in [2.45, 2.75) is 163 Å². The van der Waals surface area contributed by atoms with Gasteiger partial charge in [0.1, 0.15) is 135 Å². The molecule has 4 amide bonds. The number of aliphatic hydroxyl groups excluding tert-OH is 10. The first-order chi connectivity index (χ1) is 43.7. The molecule has 0 bridgehead atoms. The molecule has 4 aliphatic rings. The quantitative estimate of drug-likeness (QED) is 0.0447. The van der Waals surface area contributed by atoms with Crippen LogP contribution < -0.4 is 21.3 Å². The number of hydrogen-bond acceptors (Lipinski definition) is 24. The number of para-hydroxylation sites is 4. The Bertz CT molecular complexity index is 3040. The highest BCUT2D eigenvalue weighted by molar-refractivity contribution is 5.86. The Balaban J connectivity index is 0.000000261. The molecule has 0 spiro atoms.